The molecule has 1 unspecified atom stereocenters. The van der Waals surface area contributed by atoms with Crippen molar-refractivity contribution in [3.8, 4) is 5.75 Å². The van der Waals surface area contributed by atoms with Gasteiger partial charge in [0.15, 0.2) is 0 Å². The number of likely N-dealkylation sites (N-methyl/N-ethyl adjacent to an activating group) is 1. The molecule has 1 N–H and O–H groups in total. The van der Waals surface area contributed by atoms with E-state index in [1.54, 1.807) is 0 Å². The zero-order chi connectivity index (χ0) is 18.5. The lowest BCUT2D eigenvalue weighted by Crippen LogP contribution is -2.31. The van der Waals surface area contributed by atoms with Crippen LogP contribution in [-0.4, -0.2) is 37.7 Å². The first-order valence-corrected chi connectivity index (χ1v) is 9.28. The van der Waals surface area contributed by atoms with Crippen LogP contribution in [0.4, 0.5) is 8.78 Å². The maximum atomic E-state index is 14.2. The second-order valence-corrected chi connectivity index (χ2v) is 6.54. The Hall–Kier alpha value is -1.98. The van der Waals surface area contributed by atoms with Gasteiger partial charge in [0.05, 0.1) is 6.04 Å². The number of nitrogens with zero attached hydrogens (tertiary/aromatic N) is 1. The molecule has 2 aromatic carbocycles. The van der Waals surface area contributed by atoms with Crippen molar-refractivity contribution in [1.82, 2.24) is 10.2 Å². The number of nitrogens with one attached hydrogen (secondary N) is 1. The molecule has 0 amide bonds. The molecule has 0 aromatic heterocycles. The van der Waals surface area contributed by atoms with Crippen LogP contribution in [0.5, 0.6) is 5.75 Å². The number of rotatable bonds is 7. The monoisotopic (exact) mass is 360 g/mol. The van der Waals surface area contributed by atoms with Crippen LogP contribution < -0.4 is 10.1 Å². The first-order chi connectivity index (χ1) is 12.6. The van der Waals surface area contributed by atoms with E-state index in [1.807, 2.05) is 18.2 Å². The minimum Gasteiger partial charge on any atom is -0.492 e. The standard InChI is InChI=1S/C21H26F2N2O/c1-3-25(4-2)11-12-26-17-6-7-18-15(13-17)9-10-24-21(18)19-14-16(22)5-8-20(19)23/h5-8,13-14,21,24H,3-4,9-12H2,1-2H3. The highest BCUT2D eigenvalue weighted by Gasteiger charge is 2.24. The van der Waals surface area contributed by atoms with Crippen molar-refractivity contribution in [3.63, 3.8) is 0 Å². The highest BCUT2D eigenvalue weighted by atomic mass is 19.1. The van der Waals surface area contributed by atoms with Gasteiger partial charge < -0.3 is 15.0 Å². The van der Waals surface area contributed by atoms with Crippen LogP contribution in [0.25, 0.3) is 0 Å². The van der Waals surface area contributed by atoms with Crippen molar-refractivity contribution in [2.75, 3.05) is 32.8 Å². The lowest BCUT2D eigenvalue weighted by molar-refractivity contribution is 0.222. The van der Waals surface area contributed by atoms with Crippen molar-refractivity contribution >= 4 is 0 Å². The van der Waals surface area contributed by atoms with Gasteiger partial charge in [-0.05, 0) is 61.0 Å². The van der Waals surface area contributed by atoms with Gasteiger partial charge in [-0.1, -0.05) is 19.9 Å². The van der Waals surface area contributed by atoms with E-state index < -0.39 is 11.6 Å². The quantitative estimate of drug-likeness (QED) is 0.810. The van der Waals surface area contributed by atoms with Crippen LogP contribution in [-0.2, 0) is 6.42 Å². The highest BCUT2D eigenvalue weighted by Crippen LogP contribution is 2.32. The molecule has 0 saturated heterocycles. The van der Waals surface area contributed by atoms with E-state index in [4.69, 9.17) is 4.74 Å². The van der Waals surface area contributed by atoms with Crippen LogP contribution in [0.2, 0.25) is 0 Å². The Morgan fingerprint density at radius 3 is 2.65 bits per heavy atom. The fourth-order valence-corrected chi connectivity index (χ4v) is 3.48. The Morgan fingerprint density at radius 2 is 1.88 bits per heavy atom. The summed E-state index contributed by atoms with van der Waals surface area (Å²) in [5.74, 6) is 0.0132. The maximum absolute atomic E-state index is 14.2. The van der Waals surface area contributed by atoms with Crippen molar-refractivity contribution in [3.05, 3.63) is 64.7 Å². The molecule has 2 aromatic rings. The molecule has 0 spiro atoms. The van der Waals surface area contributed by atoms with Crippen molar-refractivity contribution in [2.24, 2.45) is 0 Å². The first kappa shape index (κ1) is 18.8. The molecule has 1 aliphatic rings. The van der Waals surface area contributed by atoms with E-state index >= 15 is 0 Å². The summed E-state index contributed by atoms with van der Waals surface area (Å²) in [6.45, 7) is 8.55. The Bertz CT molecular complexity index is 747. The van der Waals surface area contributed by atoms with Crippen LogP contribution in [0.15, 0.2) is 36.4 Å². The Balaban J connectivity index is 1.76. The van der Waals surface area contributed by atoms with Gasteiger partial charge in [-0.3, -0.25) is 0 Å². The normalized spacial score (nSPS) is 16.6. The summed E-state index contributed by atoms with van der Waals surface area (Å²) < 4.78 is 33.7. The number of benzene rings is 2. The lowest BCUT2D eigenvalue weighted by atomic mass is 9.89. The van der Waals surface area contributed by atoms with E-state index in [1.165, 1.54) is 12.1 Å². The van der Waals surface area contributed by atoms with Gasteiger partial charge in [-0.2, -0.15) is 0 Å². The van der Waals surface area contributed by atoms with E-state index in [0.29, 0.717) is 12.2 Å². The minimum absolute atomic E-state index is 0.334. The molecule has 26 heavy (non-hydrogen) atoms. The molecule has 3 nitrogen and oxygen atoms in total. The summed E-state index contributed by atoms with van der Waals surface area (Å²) >= 11 is 0. The number of halogens is 2. The fraction of sp³-hybridized carbons (Fsp3) is 0.429. The minimum atomic E-state index is -0.424. The summed E-state index contributed by atoms with van der Waals surface area (Å²) in [4.78, 5) is 2.31. The van der Waals surface area contributed by atoms with Gasteiger partial charge >= 0.3 is 0 Å². The molecular weight excluding hydrogens is 334 g/mol. The molecule has 0 saturated carbocycles. The average Bonchev–Trinajstić information content (AvgIpc) is 2.66. The molecule has 0 bridgehead atoms. The molecule has 3 rings (SSSR count). The molecule has 1 heterocycles. The van der Waals surface area contributed by atoms with E-state index in [0.717, 1.165) is 55.5 Å². The third-order valence-electron chi connectivity index (χ3n) is 5.01. The molecule has 1 aliphatic heterocycles. The summed E-state index contributed by atoms with van der Waals surface area (Å²) in [5, 5.41) is 3.30. The predicted molar refractivity (Wildman–Crippen MR) is 99.6 cm³/mol. The highest BCUT2D eigenvalue weighted by molar-refractivity contribution is 5.44. The Kier molecular flexibility index (Phi) is 6.22. The molecule has 1 atom stereocenters. The second-order valence-electron chi connectivity index (χ2n) is 6.54. The zero-order valence-corrected chi connectivity index (χ0v) is 15.4. The lowest BCUT2D eigenvalue weighted by Gasteiger charge is -2.28. The number of fused-ring (bicyclic) bond motifs is 1. The maximum Gasteiger partial charge on any atom is 0.128 e. The Morgan fingerprint density at radius 1 is 1.08 bits per heavy atom. The topological polar surface area (TPSA) is 24.5 Å². The third-order valence-corrected chi connectivity index (χ3v) is 5.01. The van der Waals surface area contributed by atoms with Crippen molar-refractivity contribution in [1.29, 1.82) is 0 Å². The van der Waals surface area contributed by atoms with Gasteiger partial charge in [0.1, 0.15) is 24.0 Å². The predicted octanol–water partition coefficient (Wildman–Crippen LogP) is 3.92. The second kappa shape index (κ2) is 8.60. The van der Waals surface area contributed by atoms with Crippen molar-refractivity contribution in [2.45, 2.75) is 26.3 Å². The van der Waals surface area contributed by atoms with Crippen LogP contribution >= 0.6 is 0 Å². The SMILES string of the molecule is CCN(CC)CCOc1ccc2c(c1)CCNC2c1cc(F)ccc1F. The van der Waals surface area contributed by atoms with Gasteiger partial charge in [0.25, 0.3) is 0 Å². The van der Waals surface area contributed by atoms with Gasteiger partial charge in [0, 0.05) is 18.7 Å². The Labute approximate surface area is 154 Å². The zero-order valence-electron chi connectivity index (χ0n) is 15.4. The summed E-state index contributed by atoms with van der Waals surface area (Å²) in [7, 11) is 0. The van der Waals surface area contributed by atoms with E-state index in [2.05, 4.69) is 24.1 Å². The number of hydrogen-bond donors (Lipinski definition) is 1. The average molecular weight is 360 g/mol. The third kappa shape index (κ3) is 4.22. The summed E-state index contributed by atoms with van der Waals surface area (Å²) in [6, 6.07) is 9.18. The number of ether oxygens (including phenoxy) is 1. The van der Waals surface area contributed by atoms with Crippen LogP contribution in [0.3, 0.4) is 0 Å². The molecular formula is C21H26F2N2O. The van der Waals surface area contributed by atoms with Crippen LogP contribution in [0, 0.1) is 11.6 Å². The molecule has 140 valence electrons. The first-order valence-electron chi connectivity index (χ1n) is 9.28. The smallest absolute Gasteiger partial charge is 0.128 e. The van der Waals surface area contributed by atoms with Crippen molar-refractivity contribution < 1.29 is 13.5 Å². The van der Waals surface area contributed by atoms with Gasteiger partial charge in [-0.15, -0.1) is 0 Å². The fourth-order valence-electron chi connectivity index (χ4n) is 3.48. The molecule has 0 radical (unpaired) electrons. The van der Waals surface area contributed by atoms with E-state index in [9.17, 15) is 8.78 Å². The largest absolute Gasteiger partial charge is 0.492 e. The van der Waals surface area contributed by atoms with Gasteiger partial charge in [-0.25, -0.2) is 8.78 Å². The van der Waals surface area contributed by atoms with Crippen LogP contribution in [0.1, 0.15) is 36.6 Å². The summed E-state index contributed by atoms with van der Waals surface area (Å²) in [6.07, 6.45) is 0.843. The molecule has 0 fully saturated rings. The molecule has 0 aliphatic carbocycles. The van der Waals surface area contributed by atoms with Gasteiger partial charge in [0.2, 0.25) is 0 Å². The van der Waals surface area contributed by atoms with E-state index in [-0.39, 0.29) is 6.04 Å². The number of hydrogen-bond acceptors (Lipinski definition) is 3. The molecule has 5 heteroatoms. The summed E-state index contributed by atoms with van der Waals surface area (Å²) in [5.41, 5.74) is 2.45.